The van der Waals surface area contributed by atoms with E-state index in [1.807, 2.05) is 97.1 Å². The summed E-state index contributed by atoms with van der Waals surface area (Å²) in [4.78, 5) is 36.8. The normalized spacial score (nSPS) is 12.0. The highest BCUT2D eigenvalue weighted by Gasteiger charge is 2.21. The zero-order valence-corrected chi connectivity index (χ0v) is 24.5. The highest BCUT2D eigenvalue weighted by molar-refractivity contribution is 8.09. The molecule has 45 heavy (non-hydrogen) atoms. The number of aromatic amines is 2. The first-order valence-corrected chi connectivity index (χ1v) is 15.9. The monoisotopic (exact) mass is 630 g/mol. The van der Waals surface area contributed by atoms with Crippen molar-refractivity contribution in [2.75, 3.05) is 0 Å². The van der Waals surface area contributed by atoms with Gasteiger partial charge in [-0.05, 0) is 0 Å². The van der Waals surface area contributed by atoms with Gasteiger partial charge in [-0.15, -0.1) is 0 Å². The van der Waals surface area contributed by atoms with E-state index in [-0.39, 0.29) is 0 Å². The van der Waals surface area contributed by atoms with Crippen LogP contribution in [0.25, 0.3) is 89.7 Å². The second-order valence-corrected chi connectivity index (χ2v) is 12.2. The van der Waals surface area contributed by atoms with Gasteiger partial charge in [-0.25, -0.2) is 29.9 Å². The summed E-state index contributed by atoms with van der Waals surface area (Å²) in [7, 11) is -0.137. The Morgan fingerprint density at radius 3 is 0.911 bits per heavy atom. The summed E-state index contributed by atoms with van der Waals surface area (Å²) in [6.07, 6.45) is 0. The van der Waals surface area contributed by atoms with E-state index in [0.717, 1.165) is 43.8 Å². The van der Waals surface area contributed by atoms with Crippen molar-refractivity contribution in [1.29, 1.82) is 0 Å². The lowest BCUT2D eigenvalue weighted by Gasteiger charge is -1.96. The summed E-state index contributed by atoms with van der Waals surface area (Å²) in [5.41, 5.74) is 6.45. The number of fused-ring (bicyclic) bond motifs is 20. The van der Waals surface area contributed by atoms with E-state index in [2.05, 4.69) is 20.7 Å². The summed E-state index contributed by atoms with van der Waals surface area (Å²) in [5, 5.41) is 3.82. The van der Waals surface area contributed by atoms with Crippen LogP contribution < -0.4 is 0 Å². The number of H-pyrrole nitrogens is 2. The fraction of sp³-hybridized carbons (Fsp3) is 0. The standard InChI is InChI=1S/C32H18N8.ClHO3S/c1-2-10-18-17(9-1)25-33-26(18)38-28-21-13-5-6-14-22(21)30(35-28)40-32-24-16-8-7-15-23(24)31(36-32)39-29-20-12-4-3-11-19(20)27(34-29)37-25;1-5(2,3)4/h1-16H,(H2,33,34,35,36,37,38,39,40);(H,2,3,4). The molecule has 218 valence electrons. The molecule has 0 aliphatic carbocycles. The SMILES string of the molecule is O=S(=O)(O)Cl.c1ccc2c(c1)-c1nc-2nc2[nH]c(nc3nc(nc4[nH]c(n1)c1ccccc41)-c1ccccc1-3)c1ccccc21. The molecule has 3 N–H and O–H groups in total. The minimum atomic E-state index is -4.19. The van der Waals surface area contributed by atoms with Crippen LogP contribution in [0, 0.1) is 0 Å². The Hall–Kier alpha value is -5.56. The number of hydrogen-bond acceptors (Lipinski definition) is 8. The van der Waals surface area contributed by atoms with Crippen LogP contribution in [0.1, 0.15) is 0 Å². The molecule has 0 unspecified atom stereocenters. The van der Waals surface area contributed by atoms with Crippen molar-refractivity contribution in [1.82, 2.24) is 39.9 Å². The van der Waals surface area contributed by atoms with Crippen molar-refractivity contribution < 1.29 is 13.0 Å². The van der Waals surface area contributed by atoms with E-state index in [0.29, 0.717) is 45.9 Å². The highest BCUT2D eigenvalue weighted by atomic mass is 35.7. The van der Waals surface area contributed by atoms with Gasteiger partial charge in [0.2, 0.25) is 0 Å². The minimum Gasteiger partial charge on any atom is -0.324 e. The summed E-state index contributed by atoms with van der Waals surface area (Å²) in [5.74, 6) is 2.39. The second-order valence-electron chi connectivity index (χ2n) is 10.2. The van der Waals surface area contributed by atoms with Crippen LogP contribution in [0.3, 0.4) is 0 Å². The van der Waals surface area contributed by atoms with Crippen LogP contribution in [-0.2, 0) is 9.33 Å². The molecule has 11 nitrogen and oxygen atoms in total. The molecule has 13 heteroatoms. The minimum absolute atomic E-state index is 0.597. The van der Waals surface area contributed by atoms with Crippen molar-refractivity contribution in [2.45, 2.75) is 0 Å². The fourth-order valence-corrected chi connectivity index (χ4v) is 5.59. The van der Waals surface area contributed by atoms with Gasteiger partial charge >= 0.3 is 9.33 Å². The number of nitrogens with zero attached hydrogens (tertiary/aromatic N) is 6. The van der Waals surface area contributed by atoms with Gasteiger partial charge in [-0.2, -0.15) is 8.42 Å². The average Bonchev–Trinajstić information content (AvgIpc) is 3.76. The summed E-state index contributed by atoms with van der Waals surface area (Å²) >= 11 is 0. The van der Waals surface area contributed by atoms with Crippen LogP contribution in [0.15, 0.2) is 97.1 Å². The highest BCUT2D eigenvalue weighted by Crippen LogP contribution is 2.36. The molecule has 0 fully saturated rings. The number of rotatable bonds is 0. The molecule has 8 bridgehead atoms. The molecule has 0 spiro atoms. The largest absolute Gasteiger partial charge is 0.353 e. The van der Waals surface area contributed by atoms with Gasteiger partial charge < -0.3 is 9.97 Å². The second kappa shape index (κ2) is 10.3. The Bertz CT molecular complexity index is 2290. The molecule has 2 aliphatic rings. The van der Waals surface area contributed by atoms with Gasteiger partial charge in [0.15, 0.2) is 23.3 Å². The van der Waals surface area contributed by atoms with E-state index in [4.69, 9.17) is 42.9 Å². The van der Waals surface area contributed by atoms with Crippen LogP contribution in [0.4, 0.5) is 0 Å². The van der Waals surface area contributed by atoms with Crippen LogP contribution in [0.5, 0.6) is 0 Å². The third-order valence-electron chi connectivity index (χ3n) is 7.46. The molecular weight excluding hydrogens is 612 g/mol. The lowest BCUT2D eigenvalue weighted by Crippen LogP contribution is -1.82. The maximum Gasteiger partial charge on any atom is 0.353 e. The van der Waals surface area contributed by atoms with E-state index in [1.54, 1.807) is 0 Å². The predicted octanol–water partition coefficient (Wildman–Crippen LogP) is 6.90. The van der Waals surface area contributed by atoms with Crippen molar-refractivity contribution >= 4 is 64.1 Å². The maximum absolute atomic E-state index is 8.95. The maximum atomic E-state index is 8.95. The third kappa shape index (κ3) is 4.86. The van der Waals surface area contributed by atoms with E-state index >= 15 is 0 Å². The zero-order chi connectivity index (χ0) is 30.7. The molecule has 0 saturated carbocycles. The fourth-order valence-electron chi connectivity index (χ4n) is 5.59. The topological polar surface area (TPSA) is 163 Å². The van der Waals surface area contributed by atoms with E-state index in [9.17, 15) is 0 Å². The Labute approximate surface area is 259 Å². The molecule has 7 aromatic rings. The molecule has 2 aliphatic heterocycles. The number of hydrogen-bond donors (Lipinski definition) is 3. The summed E-state index contributed by atoms with van der Waals surface area (Å²) in [6, 6.07) is 32.2. The number of aromatic nitrogens is 8. The van der Waals surface area contributed by atoms with Crippen molar-refractivity contribution in [3.8, 4) is 45.6 Å². The smallest absolute Gasteiger partial charge is 0.324 e. The molecule has 3 aromatic heterocycles. The lowest BCUT2D eigenvalue weighted by molar-refractivity contribution is 0.501. The van der Waals surface area contributed by atoms with Gasteiger partial charge in [-0.1, -0.05) is 97.1 Å². The molecule has 0 saturated heterocycles. The Kier molecular flexibility index (Phi) is 6.17. The van der Waals surface area contributed by atoms with Crippen LogP contribution >= 0.6 is 10.7 Å². The first-order chi connectivity index (χ1) is 21.8. The van der Waals surface area contributed by atoms with E-state index < -0.39 is 9.33 Å². The van der Waals surface area contributed by atoms with Crippen LogP contribution in [-0.4, -0.2) is 52.8 Å². The Balaban J connectivity index is 0.000000560. The quantitative estimate of drug-likeness (QED) is 0.119. The van der Waals surface area contributed by atoms with Gasteiger partial charge in [0.25, 0.3) is 0 Å². The number of halogens is 1. The number of nitrogens with one attached hydrogen (secondary N) is 2. The third-order valence-corrected chi connectivity index (χ3v) is 7.46. The number of benzene rings is 4. The van der Waals surface area contributed by atoms with Crippen molar-refractivity contribution in [3.63, 3.8) is 0 Å². The molecule has 9 rings (SSSR count). The molecule has 5 heterocycles. The molecule has 4 aromatic carbocycles. The Morgan fingerprint density at radius 2 is 0.667 bits per heavy atom. The van der Waals surface area contributed by atoms with E-state index in [1.165, 1.54) is 0 Å². The average molecular weight is 631 g/mol. The van der Waals surface area contributed by atoms with Gasteiger partial charge in [0.1, 0.15) is 22.6 Å². The Morgan fingerprint density at radius 1 is 0.444 bits per heavy atom. The van der Waals surface area contributed by atoms with Gasteiger partial charge in [0.05, 0.1) is 0 Å². The van der Waals surface area contributed by atoms with Crippen LogP contribution in [0.2, 0.25) is 0 Å². The van der Waals surface area contributed by atoms with Gasteiger partial charge in [-0.3, -0.25) is 4.55 Å². The van der Waals surface area contributed by atoms with Crippen molar-refractivity contribution in [2.24, 2.45) is 0 Å². The first-order valence-electron chi connectivity index (χ1n) is 13.7. The van der Waals surface area contributed by atoms with Crippen molar-refractivity contribution in [3.05, 3.63) is 97.1 Å². The molecule has 0 atom stereocenters. The first kappa shape index (κ1) is 27.0. The summed E-state index contributed by atoms with van der Waals surface area (Å²) < 4.78 is 25.2. The lowest BCUT2D eigenvalue weighted by atomic mass is 10.1. The molecule has 0 amide bonds. The molecular formula is C32H19ClN8O3S. The summed E-state index contributed by atoms with van der Waals surface area (Å²) in [6.45, 7) is 0. The molecule has 0 radical (unpaired) electrons. The van der Waals surface area contributed by atoms with Gasteiger partial charge in [0, 0.05) is 54.5 Å². The zero-order valence-electron chi connectivity index (χ0n) is 23.0. The predicted molar refractivity (Wildman–Crippen MR) is 173 cm³/mol.